The molecule has 0 spiro atoms. The predicted molar refractivity (Wildman–Crippen MR) is 140 cm³/mol. The number of aryl methyl sites for hydroxylation is 2. The first-order valence-electron chi connectivity index (χ1n) is 11.6. The zero-order chi connectivity index (χ0) is 26.1. The molecule has 0 bridgehead atoms. The van der Waals surface area contributed by atoms with Crippen LogP contribution in [0.4, 0.5) is 5.69 Å². The minimum Gasteiger partial charge on any atom is -0.476 e. The fourth-order valence-electron chi connectivity index (χ4n) is 4.06. The van der Waals surface area contributed by atoms with E-state index in [1.54, 1.807) is 24.3 Å². The van der Waals surface area contributed by atoms with Gasteiger partial charge in [-0.05, 0) is 56.7 Å². The standard InChI is InChI=1S/C27H30N2O5S2/c1-20-10-14-24(15-11-20)35(30,31)29(36(32,33)25-16-12-21(2)13-17-25)19-23-18-27(3,4)26(34-23)28-22-8-6-5-7-9-22/h5-17,23H,18-19H2,1-4H3. The third-order valence-electron chi connectivity index (χ3n) is 6.11. The zero-order valence-electron chi connectivity index (χ0n) is 20.7. The molecule has 1 aliphatic heterocycles. The summed E-state index contributed by atoms with van der Waals surface area (Å²) in [5.74, 6) is 0.444. The summed E-state index contributed by atoms with van der Waals surface area (Å²) in [6, 6.07) is 21.6. The molecule has 3 aromatic rings. The lowest BCUT2D eigenvalue weighted by atomic mass is 9.89. The third-order valence-corrected chi connectivity index (χ3v) is 10.4. The molecule has 36 heavy (non-hydrogen) atoms. The van der Waals surface area contributed by atoms with Crippen molar-refractivity contribution in [2.45, 2.75) is 50.0 Å². The number of hydrogen-bond donors (Lipinski definition) is 0. The lowest BCUT2D eigenvalue weighted by Crippen LogP contribution is -2.42. The normalized spacial score (nSPS) is 18.9. The van der Waals surface area contributed by atoms with Crippen molar-refractivity contribution in [1.82, 2.24) is 3.71 Å². The highest BCUT2D eigenvalue weighted by atomic mass is 32.3. The number of para-hydroxylation sites is 1. The van der Waals surface area contributed by atoms with Crippen LogP contribution in [0.1, 0.15) is 31.4 Å². The van der Waals surface area contributed by atoms with Gasteiger partial charge in [0, 0.05) is 5.41 Å². The molecule has 0 amide bonds. The predicted octanol–water partition coefficient (Wildman–Crippen LogP) is 5.23. The van der Waals surface area contributed by atoms with Crippen molar-refractivity contribution in [3.05, 3.63) is 90.0 Å². The first kappa shape index (κ1) is 26.1. The molecule has 7 nitrogen and oxygen atoms in total. The molecule has 1 aliphatic rings. The fraction of sp³-hybridized carbons (Fsp3) is 0.296. The summed E-state index contributed by atoms with van der Waals surface area (Å²) >= 11 is 0. The van der Waals surface area contributed by atoms with Gasteiger partial charge >= 0.3 is 0 Å². The van der Waals surface area contributed by atoms with E-state index in [1.807, 2.05) is 58.0 Å². The van der Waals surface area contributed by atoms with Gasteiger partial charge in [0.2, 0.25) is 0 Å². The van der Waals surface area contributed by atoms with Gasteiger partial charge in [-0.1, -0.05) is 71.1 Å². The van der Waals surface area contributed by atoms with Crippen LogP contribution in [-0.2, 0) is 24.8 Å². The monoisotopic (exact) mass is 526 g/mol. The first-order valence-corrected chi connectivity index (χ1v) is 14.5. The second-order valence-corrected chi connectivity index (χ2v) is 13.6. The van der Waals surface area contributed by atoms with E-state index in [9.17, 15) is 16.8 Å². The lowest BCUT2D eigenvalue weighted by Gasteiger charge is -2.24. The van der Waals surface area contributed by atoms with Gasteiger partial charge in [-0.3, -0.25) is 0 Å². The Bertz CT molecular complexity index is 1390. The Morgan fingerprint density at radius 3 is 1.75 bits per heavy atom. The molecule has 4 rings (SSSR count). The summed E-state index contributed by atoms with van der Waals surface area (Å²) in [6.45, 7) is 7.19. The molecule has 0 radical (unpaired) electrons. The second-order valence-electron chi connectivity index (χ2n) is 9.67. The van der Waals surface area contributed by atoms with Crippen molar-refractivity contribution in [3.8, 4) is 0 Å². The minimum absolute atomic E-state index is 0.0979. The van der Waals surface area contributed by atoms with Gasteiger partial charge in [0.05, 0.1) is 22.0 Å². The summed E-state index contributed by atoms with van der Waals surface area (Å²) in [4.78, 5) is 4.41. The highest BCUT2D eigenvalue weighted by Gasteiger charge is 2.45. The van der Waals surface area contributed by atoms with E-state index in [0.29, 0.717) is 21.7 Å². The van der Waals surface area contributed by atoms with Crippen molar-refractivity contribution < 1.29 is 21.6 Å². The maximum absolute atomic E-state index is 13.7. The molecular formula is C27H30N2O5S2. The minimum atomic E-state index is -4.41. The van der Waals surface area contributed by atoms with Crippen molar-refractivity contribution in [1.29, 1.82) is 0 Å². The molecule has 1 unspecified atom stereocenters. The summed E-state index contributed by atoms with van der Waals surface area (Å²) in [5, 5.41) is 0. The summed E-state index contributed by atoms with van der Waals surface area (Å²) in [6.07, 6.45) is -0.301. The molecule has 1 saturated heterocycles. The van der Waals surface area contributed by atoms with Crippen molar-refractivity contribution >= 4 is 31.6 Å². The van der Waals surface area contributed by atoms with Crippen LogP contribution in [0.25, 0.3) is 0 Å². The quantitative estimate of drug-likeness (QED) is 0.420. The topological polar surface area (TPSA) is 93.1 Å². The average Bonchev–Trinajstić information content (AvgIpc) is 3.11. The van der Waals surface area contributed by atoms with Crippen LogP contribution in [0.5, 0.6) is 0 Å². The Hall–Kier alpha value is -3.01. The summed E-state index contributed by atoms with van der Waals surface area (Å²) in [5.41, 5.74) is 1.93. The van der Waals surface area contributed by atoms with E-state index in [0.717, 1.165) is 11.1 Å². The molecule has 0 N–H and O–H groups in total. The number of benzene rings is 3. The molecule has 3 aromatic carbocycles. The maximum atomic E-state index is 13.7. The van der Waals surface area contributed by atoms with Gasteiger partial charge in [0.15, 0.2) is 5.90 Å². The van der Waals surface area contributed by atoms with Crippen molar-refractivity contribution in [3.63, 3.8) is 0 Å². The van der Waals surface area contributed by atoms with E-state index in [2.05, 4.69) is 4.99 Å². The van der Waals surface area contributed by atoms with Crippen LogP contribution in [0.3, 0.4) is 0 Å². The SMILES string of the molecule is Cc1ccc(S(=O)(=O)N(CC2CC(C)(C)C(=Nc3ccccc3)O2)S(=O)(=O)c2ccc(C)cc2)cc1. The molecule has 0 aromatic heterocycles. The van der Waals surface area contributed by atoms with E-state index in [1.165, 1.54) is 24.3 Å². The molecule has 0 aliphatic carbocycles. The van der Waals surface area contributed by atoms with Gasteiger partial charge in [0.1, 0.15) is 6.10 Å². The Morgan fingerprint density at radius 1 is 0.806 bits per heavy atom. The highest BCUT2D eigenvalue weighted by molar-refractivity contribution is 8.04. The number of hydrogen-bond acceptors (Lipinski definition) is 6. The maximum Gasteiger partial charge on any atom is 0.256 e. The number of aliphatic imine (C=N–C) groups is 1. The highest BCUT2D eigenvalue weighted by Crippen LogP contribution is 2.37. The van der Waals surface area contributed by atoms with Crippen LogP contribution in [-0.4, -0.2) is 39.1 Å². The van der Waals surface area contributed by atoms with Crippen LogP contribution in [0.2, 0.25) is 0 Å². The Kier molecular flexibility index (Phi) is 7.10. The number of nitrogens with zero attached hydrogens (tertiary/aromatic N) is 2. The van der Waals surface area contributed by atoms with Crippen LogP contribution < -0.4 is 0 Å². The van der Waals surface area contributed by atoms with Gasteiger partial charge < -0.3 is 4.74 Å². The zero-order valence-corrected chi connectivity index (χ0v) is 22.4. The third kappa shape index (κ3) is 5.38. The van der Waals surface area contributed by atoms with Gasteiger partial charge in [-0.2, -0.15) is 0 Å². The van der Waals surface area contributed by atoms with Gasteiger partial charge in [-0.15, -0.1) is 0 Å². The van der Waals surface area contributed by atoms with E-state index in [4.69, 9.17) is 4.74 Å². The Morgan fingerprint density at radius 2 is 1.28 bits per heavy atom. The molecule has 1 heterocycles. The Balaban J connectivity index is 1.73. The second kappa shape index (κ2) is 9.80. The number of rotatable bonds is 7. The molecule has 190 valence electrons. The van der Waals surface area contributed by atoms with Crippen LogP contribution in [0.15, 0.2) is 93.6 Å². The lowest BCUT2D eigenvalue weighted by molar-refractivity contribution is 0.201. The van der Waals surface area contributed by atoms with E-state index >= 15 is 0 Å². The smallest absolute Gasteiger partial charge is 0.256 e. The van der Waals surface area contributed by atoms with Crippen molar-refractivity contribution in [2.24, 2.45) is 10.4 Å². The van der Waals surface area contributed by atoms with Crippen LogP contribution in [0, 0.1) is 19.3 Å². The van der Waals surface area contributed by atoms with E-state index in [-0.39, 0.29) is 16.3 Å². The summed E-state index contributed by atoms with van der Waals surface area (Å²) < 4.78 is 61.5. The number of sulfonamides is 2. The largest absolute Gasteiger partial charge is 0.476 e. The molecular weight excluding hydrogens is 496 g/mol. The molecule has 9 heteroatoms. The molecule has 1 fully saturated rings. The number of ether oxygens (including phenoxy) is 1. The average molecular weight is 527 g/mol. The van der Waals surface area contributed by atoms with Gasteiger partial charge in [-0.25, -0.2) is 21.8 Å². The molecule has 1 atom stereocenters. The van der Waals surface area contributed by atoms with E-state index < -0.39 is 31.6 Å². The molecule has 0 saturated carbocycles. The van der Waals surface area contributed by atoms with Crippen LogP contribution >= 0.6 is 0 Å². The summed E-state index contributed by atoms with van der Waals surface area (Å²) in [7, 11) is -8.82. The van der Waals surface area contributed by atoms with Crippen molar-refractivity contribution in [2.75, 3.05) is 6.54 Å². The first-order chi connectivity index (χ1) is 16.9. The fourth-order valence-corrected chi connectivity index (χ4v) is 7.77. The Labute approximate surface area is 213 Å². The van der Waals surface area contributed by atoms with Gasteiger partial charge in [0.25, 0.3) is 20.0 Å².